The lowest BCUT2D eigenvalue weighted by Crippen LogP contribution is -2.18. The molecule has 4 N–H and O–H groups in total. The van der Waals surface area contributed by atoms with Crippen LogP contribution in [0.1, 0.15) is 0 Å². The van der Waals surface area contributed by atoms with E-state index in [1.54, 1.807) is 0 Å². The average molecular weight is 232 g/mol. The first kappa shape index (κ1) is 11.4. The number of aromatic amines is 1. The van der Waals surface area contributed by atoms with E-state index in [9.17, 15) is 0 Å². The zero-order valence-corrected chi connectivity index (χ0v) is 9.70. The van der Waals surface area contributed by atoms with Gasteiger partial charge in [0.1, 0.15) is 18.0 Å². The van der Waals surface area contributed by atoms with E-state index in [1.165, 1.54) is 6.33 Å². The highest BCUT2D eigenvalue weighted by Gasteiger charge is 1.99. The van der Waals surface area contributed by atoms with Crippen LogP contribution in [0, 0.1) is 0 Å². The minimum atomic E-state index is 0.770. The third kappa shape index (κ3) is 3.46. The maximum absolute atomic E-state index is 4.15. The van der Waals surface area contributed by atoms with Crippen molar-refractivity contribution in [3.63, 3.8) is 0 Å². The summed E-state index contributed by atoms with van der Waals surface area (Å²) >= 11 is 0. The molecule has 2 aromatic rings. The number of aromatic nitrogens is 3. The second-order valence-corrected chi connectivity index (χ2v) is 3.54. The molecule has 0 saturated heterocycles. The predicted molar refractivity (Wildman–Crippen MR) is 68.5 cm³/mol. The molecule has 0 saturated carbocycles. The summed E-state index contributed by atoms with van der Waals surface area (Å²) in [4.78, 5) is 11.3. The topological polar surface area (TPSA) is 77.7 Å². The number of nitrogens with zero attached hydrogens (tertiary/aromatic N) is 2. The maximum atomic E-state index is 4.15. The highest BCUT2D eigenvalue weighted by Crippen LogP contribution is 2.14. The van der Waals surface area contributed by atoms with Crippen LogP contribution in [0.15, 0.2) is 30.9 Å². The summed E-state index contributed by atoms with van der Waals surface area (Å²) in [7, 11) is 1.92. The fourth-order valence-electron chi connectivity index (χ4n) is 1.39. The summed E-state index contributed by atoms with van der Waals surface area (Å²) in [5.41, 5.74) is 0.977. The molecule has 0 aliphatic rings. The number of nitrogens with one attached hydrogen (secondary N) is 4. The monoisotopic (exact) mass is 232 g/mol. The van der Waals surface area contributed by atoms with Crippen molar-refractivity contribution >= 4 is 17.3 Å². The fraction of sp³-hybridized carbons (Fsp3) is 0.273. The molecule has 90 valence electrons. The molecule has 0 aromatic carbocycles. The lowest BCUT2D eigenvalue weighted by atomic mass is 10.4. The predicted octanol–water partition coefficient (Wildman–Crippen LogP) is 1.18. The van der Waals surface area contributed by atoms with Gasteiger partial charge in [-0.15, -0.1) is 0 Å². The van der Waals surface area contributed by atoms with Crippen molar-refractivity contribution in [1.82, 2.24) is 20.3 Å². The second-order valence-electron chi connectivity index (χ2n) is 3.54. The Kier molecular flexibility index (Phi) is 3.93. The molecule has 0 unspecified atom stereocenters. The smallest absolute Gasteiger partial charge is 0.135 e. The Balaban J connectivity index is 1.96. The highest BCUT2D eigenvalue weighted by atomic mass is 15.1. The Morgan fingerprint density at radius 3 is 2.88 bits per heavy atom. The van der Waals surface area contributed by atoms with Gasteiger partial charge < -0.3 is 20.9 Å². The summed E-state index contributed by atoms with van der Waals surface area (Å²) in [5, 5.41) is 9.44. The first-order valence-corrected chi connectivity index (χ1v) is 5.49. The molecule has 0 radical (unpaired) electrons. The van der Waals surface area contributed by atoms with E-state index in [2.05, 4.69) is 30.9 Å². The van der Waals surface area contributed by atoms with Crippen LogP contribution in [0.4, 0.5) is 17.3 Å². The Bertz CT molecular complexity index is 439. The van der Waals surface area contributed by atoms with Gasteiger partial charge in [-0.05, 0) is 13.1 Å². The molecule has 6 nitrogen and oxygen atoms in total. The minimum absolute atomic E-state index is 0.770. The summed E-state index contributed by atoms with van der Waals surface area (Å²) < 4.78 is 0. The van der Waals surface area contributed by atoms with Crippen molar-refractivity contribution in [2.24, 2.45) is 0 Å². The molecule has 0 spiro atoms. The zero-order valence-electron chi connectivity index (χ0n) is 9.70. The summed E-state index contributed by atoms with van der Waals surface area (Å²) in [6.45, 7) is 1.72. The normalized spacial score (nSPS) is 10.2. The number of likely N-dealkylation sites (N-methyl/N-ethyl adjacent to an activating group) is 1. The summed E-state index contributed by atoms with van der Waals surface area (Å²) in [6, 6.07) is 3.82. The standard InChI is InChI=1S/C11H16N6/c1-12-4-5-14-10-6-11(16-8-15-10)17-9-2-3-13-7-9/h2-3,6-8,12-13H,4-5H2,1H3,(H2,14,15,16,17). The number of anilines is 3. The molecule has 0 bridgehead atoms. The molecule has 2 heterocycles. The molecule has 0 aliphatic carbocycles. The molecule has 17 heavy (non-hydrogen) atoms. The molecule has 0 amide bonds. The van der Waals surface area contributed by atoms with Gasteiger partial charge in [0.2, 0.25) is 0 Å². The van der Waals surface area contributed by atoms with Gasteiger partial charge >= 0.3 is 0 Å². The summed E-state index contributed by atoms with van der Waals surface area (Å²) in [5.74, 6) is 1.58. The number of hydrogen-bond donors (Lipinski definition) is 4. The van der Waals surface area contributed by atoms with Crippen LogP contribution in [0.3, 0.4) is 0 Å². The Morgan fingerprint density at radius 2 is 2.12 bits per heavy atom. The number of H-pyrrole nitrogens is 1. The number of rotatable bonds is 6. The SMILES string of the molecule is CNCCNc1cc(Nc2cc[nH]c2)ncn1. The van der Waals surface area contributed by atoms with Crippen molar-refractivity contribution in [3.8, 4) is 0 Å². The van der Waals surface area contributed by atoms with Crippen molar-refractivity contribution < 1.29 is 0 Å². The quantitative estimate of drug-likeness (QED) is 0.563. The van der Waals surface area contributed by atoms with Gasteiger partial charge in [-0.25, -0.2) is 9.97 Å². The van der Waals surface area contributed by atoms with E-state index < -0.39 is 0 Å². The highest BCUT2D eigenvalue weighted by molar-refractivity contribution is 5.57. The van der Waals surface area contributed by atoms with E-state index in [0.29, 0.717) is 0 Å². The van der Waals surface area contributed by atoms with Crippen LogP contribution in [0.25, 0.3) is 0 Å². The Hall–Kier alpha value is -2.08. The first-order chi connectivity index (χ1) is 8.38. The molecular formula is C11H16N6. The molecule has 0 aliphatic heterocycles. The molecule has 0 atom stereocenters. The molecule has 2 rings (SSSR count). The van der Waals surface area contributed by atoms with E-state index in [4.69, 9.17) is 0 Å². The summed E-state index contributed by atoms with van der Waals surface area (Å²) in [6.07, 6.45) is 5.27. The lowest BCUT2D eigenvalue weighted by molar-refractivity contribution is 0.821. The van der Waals surface area contributed by atoms with Crippen molar-refractivity contribution in [1.29, 1.82) is 0 Å². The van der Waals surface area contributed by atoms with Crippen molar-refractivity contribution in [2.75, 3.05) is 30.8 Å². The van der Waals surface area contributed by atoms with Crippen molar-refractivity contribution in [3.05, 3.63) is 30.9 Å². The van der Waals surface area contributed by atoms with E-state index >= 15 is 0 Å². The Labute approximate surface area is 99.9 Å². The second kappa shape index (κ2) is 5.86. The van der Waals surface area contributed by atoms with Crippen molar-refractivity contribution in [2.45, 2.75) is 0 Å². The van der Waals surface area contributed by atoms with E-state index in [-0.39, 0.29) is 0 Å². The van der Waals surface area contributed by atoms with Gasteiger partial charge in [0.05, 0.1) is 5.69 Å². The van der Waals surface area contributed by atoms with Crippen LogP contribution >= 0.6 is 0 Å². The number of hydrogen-bond acceptors (Lipinski definition) is 5. The third-order valence-corrected chi connectivity index (χ3v) is 2.22. The van der Waals surface area contributed by atoms with Crippen LogP contribution in [0.2, 0.25) is 0 Å². The maximum Gasteiger partial charge on any atom is 0.135 e. The molecule has 6 heteroatoms. The van der Waals surface area contributed by atoms with Crippen LogP contribution in [-0.2, 0) is 0 Å². The average Bonchev–Trinajstić information content (AvgIpc) is 2.83. The van der Waals surface area contributed by atoms with Gasteiger partial charge in [-0.3, -0.25) is 0 Å². The molecule has 0 fully saturated rings. The lowest BCUT2D eigenvalue weighted by Gasteiger charge is -2.07. The first-order valence-electron chi connectivity index (χ1n) is 5.49. The van der Waals surface area contributed by atoms with Gasteiger partial charge in [-0.1, -0.05) is 0 Å². The van der Waals surface area contributed by atoms with Crippen LogP contribution in [0.5, 0.6) is 0 Å². The molecule has 2 aromatic heterocycles. The minimum Gasteiger partial charge on any atom is -0.369 e. The van der Waals surface area contributed by atoms with Gasteiger partial charge in [0.25, 0.3) is 0 Å². The van der Waals surface area contributed by atoms with Crippen LogP contribution < -0.4 is 16.0 Å². The Morgan fingerprint density at radius 1 is 1.24 bits per heavy atom. The fourth-order valence-corrected chi connectivity index (χ4v) is 1.39. The third-order valence-electron chi connectivity index (χ3n) is 2.22. The molecular weight excluding hydrogens is 216 g/mol. The van der Waals surface area contributed by atoms with Crippen LogP contribution in [-0.4, -0.2) is 35.1 Å². The largest absolute Gasteiger partial charge is 0.369 e. The van der Waals surface area contributed by atoms with Gasteiger partial charge in [0, 0.05) is 31.5 Å². The van der Waals surface area contributed by atoms with E-state index in [1.807, 2.05) is 31.6 Å². The van der Waals surface area contributed by atoms with Gasteiger partial charge in [-0.2, -0.15) is 0 Å². The zero-order chi connectivity index (χ0) is 11.9. The van der Waals surface area contributed by atoms with Gasteiger partial charge in [0.15, 0.2) is 0 Å². The van der Waals surface area contributed by atoms with E-state index in [0.717, 1.165) is 30.4 Å².